The fourth-order valence-corrected chi connectivity index (χ4v) is 5.38. The highest BCUT2D eigenvalue weighted by Gasteiger charge is 2.38. The van der Waals surface area contributed by atoms with Crippen LogP contribution >= 0.6 is 23.4 Å². The number of esters is 1. The molecule has 0 bridgehead atoms. The number of ether oxygens (including phenoxy) is 1. The Morgan fingerprint density at radius 2 is 1.81 bits per heavy atom. The number of nitrogens with zero attached hydrogens (tertiary/aromatic N) is 2. The minimum atomic E-state index is -0.773. The third kappa shape index (κ3) is 5.16. The predicted molar refractivity (Wildman–Crippen MR) is 146 cm³/mol. The number of aromatic amines is 1. The van der Waals surface area contributed by atoms with Gasteiger partial charge >= 0.3 is 5.97 Å². The summed E-state index contributed by atoms with van der Waals surface area (Å²) in [5, 5.41) is 4.36. The summed E-state index contributed by atoms with van der Waals surface area (Å²) in [5.41, 5.74) is 3.04. The molecular formula is C28H23ClN4O3S. The first kappa shape index (κ1) is 24.8. The van der Waals surface area contributed by atoms with Gasteiger partial charge in [0.25, 0.3) is 5.56 Å². The number of thioether (sulfide) groups is 1. The van der Waals surface area contributed by atoms with E-state index in [2.05, 4.69) is 15.3 Å². The van der Waals surface area contributed by atoms with Gasteiger partial charge in [0.2, 0.25) is 0 Å². The fourth-order valence-electron chi connectivity index (χ4n) is 4.23. The molecule has 0 radical (unpaired) electrons. The largest absolute Gasteiger partial charge is 0.463 e. The number of aromatic nitrogens is 3. The molecule has 0 saturated heterocycles. The Bertz CT molecular complexity index is 1520. The number of nitrogens with one attached hydrogen (secondary N) is 2. The van der Waals surface area contributed by atoms with E-state index in [1.165, 1.54) is 11.8 Å². The van der Waals surface area contributed by atoms with Crippen molar-refractivity contribution in [2.24, 2.45) is 0 Å². The van der Waals surface area contributed by atoms with Gasteiger partial charge < -0.3 is 15.0 Å². The highest BCUT2D eigenvalue weighted by molar-refractivity contribution is 7.98. The molecule has 7 nitrogen and oxygen atoms in total. The van der Waals surface area contributed by atoms with Crippen LogP contribution in [0.3, 0.4) is 0 Å². The van der Waals surface area contributed by atoms with Crippen LogP contribution in [-0.2, 0) is 15.3 Å². The number of fused-ring (bicyclic) bond motifs is 1. The molecule has 3 heterocycles. The average molecular weight is 531 g/mol. The van der Waals surface area contributed by atoms with E-state index in [-0.39, 0.29) is 12.2 Å². The molecule has 9 heteroatoms. The van der Waals surface area contributed by atoms with E-state index in [1.54, 1.807) is 25.3 Å². The number of halogens is 1. The number of carbonyl (C=O) groups is 1. The zero-order chi connectivity index (χ0) is 25.8. The monoisotopic (exact) mass is 530 g/mol. The second kappa shape index (κ2) is 11.0. The molecule has 1 atom stereocenters. The summed E-state index contributed by atoms with van der Waals surface area (Å²) < 4.78 is 5.45. The minimum Gasteiger partial charge on any atom is -0.463 e. The van der Waals surface area contributed by atoms with Gasteiger partial charge in [0.15, 0.2) is 5.16 Å². The zero-order valence-electron chi connectivity index (χ0n) is 19.9. The van der Waals surface area contributed by atoms with Gasteiger partial charge in [-0.25, -0.2) is 9.78 Å². The first-order valence-electron chi connectivity index (χ1n) is 11.7. The average Bonchev–Trinajstić information content (AvgIpc) is 2.92. The first-order valence-corrected chi connectivity index (χ1v) is 13.1. The van der Waals surface area contributed by atoms with Gasteiger partial charge in [-0.1, -0.05) is 78.0 Å². The second-order valence-electron chi connectivity index (χ2n) is 8.20. The lowest BCUT2D eigenvalue weighted by molar-refractivity contribution is -0.138. The summed E-state index contributed by atoms with van der Waals surface area (Å²) in [4.78, 5) is 39.0. The van der Waals surface area contributed by atoms with Crippen molar-refractivity contribution in [1.29, 1.82) is 0 Å². The molecule has 1 aliphatic heterocycles. The lowest BCUT2D eigenvalue weighted by Crippen LogP contribution is -2.31. The van der Waals surface area contributed by atoms with Gasteiger partial charge in [-0.3, -0.25) is 9.78 Å². The molecule has 5 rings (SSSR count). The predicted octanol–water partition coefficient (Wildman–Crippen LogP) is 5.64. The maximum atomic E-state index is 13.5. The Hall–Kier alpha value is -3.88. The smallest absolute Gasteiger partial charge is 0.337 e. The van der Waals surface area contributed by atoms with E-state index in [1.807, 2.05) is 60.7 Å². The van der Waals surface area contributed by atoms with Crippen LogP contribution in [0.4, 0.5) is 5.82 Å². The van der Waals surface area contributed by atoms with Crippen LogP contribution in [0.25, 0.3) is 5.70 Å². The Balaban J connectivity index is 1.65. The van der Waals surface area contributed by atoms with E-state index in [9.17, 15) is 9.59 Å². The molecule has 2 N–H and O–H groups in total. The Kier molecular flexibility index (Phi) is 7.39. The molecule has 0 amide bonds. The molecular weight excluding hydrogens is 508 g/mol. The number of carbonyl (C=O) groups excluding carboxylic acids is 1. The topological polar surface area (TPSA) is 97.0 Å². The molecule has 0 aliphatic carbocycles. The van der Waals surface area contributed by atoms with Crippen molar-refractivity contribution in [2.45, 2.75) is 23.8 Å². The normalized spacial score (nSPS) is 14.6. The van der Waals surface area contributed by atoms with Gasteiger partial charge in [-0.2, -0.15) is 0 Å². The summed E-state index contributed by atoms with van der Waals surface area (Å²) in [6, 6.07) is 22.4. The van der Waals surface area contributed by atoms with Gasteiger partial charge in [-0.15, -0.1) is 0 Å². The van der Waals surface area contributed by atoms with E-state index >= 15 is 0 Å². The number of hydrogen-bond acceptors (Lipinski definition) is 7. The van der Waals surface area contributed by atoms with Crippen LogP contribution in [0.2, 0.25) is 5.02 Å². The van der Waals surface area contributed by atoms with Crippen molar-refractivity contribution >= 4 is 40.8 Å². The number of H-pyrrole nitrogens is 1. The Morgan fingerprint density at radius 1 is 1.05 bits per heavy atom. The van der Waals surface area contributed by atoms with Crippen molar-refractivity contribution in [1.82, 2.24) is 15.0 Å². The third-order valence-corrected chi connectivity index (χ3v) is 7.18. The molecule has 0 saturated carbocycles. The van der Waals surface area contributed by atoms with Crippen molar-refractivity contribution in [2.75, 3.05) is 11.9 Å². The summed E-state index contributed by atoms with van der Waals surface area (Å²) in [7, 11) is 0. The van der Waals surface area contributed by atoms with Gasteiger partial charge in [-0.05, 0) is 36.2 Å². The van der Waals surface area contributed by atoms with Crippen LogP contribution in [0.15, 0.2) is 94.5 Å². The zero-order valence-corrected chi connectivity index (χ0v) is 21.5. The van der Waals surface area contributed by atoms with Crippen molar-refractivity contribution in [3.05, 3.63) is 122 Å². The number of anilines is 1. The van der Waals surface area contributed by atoms with Crippen LogP contribution < -0.4 is 10.9 Å². The maximum Gasteiger partial charge on any atom is 0.337 e. The molecule has 1 aliphatic rings. The molecule has 1 unspecified atom stereocenters. The van der Waals surface area contributed by atoms with Crippen LogP contribution in [-0.4, -0.2) is 27.5 Å². The lowest BCUT2D eigenvalue weighted by atomic mass is 9.83. The summed E-state index contributed by atoms with van der Waals surface area (Å²) in [6.07, 6.45) is 1.64. The van der Waals surface area contributed by atoms with Gasteiger partial charge in [0, 0.05) is 17.0 Å². The summed E-state index contributed by atoms with van der Waals surface area (Å²) in [6.45, 7) is 1.94. The number of rotatable bonds is 7. The number of pyridine rings is 1. The minimum absolute atomic E-state index is 0.193. The van der Waals surface area contributed by atoms with Crippen LogP contribution in [0, 0.1) is 0 Å². The van der Waals surface area contributed by atoms with Crippen molar-refractivity contribution in [3.63, 3.8) is 0 Å². The van der Waals surface area contributed by atoms with Crippen LogP contribution in [0.1, 0.15) is 35.2 Å². The molecule has 2 aromatic carbocycles. The van der Waals surface area contributed by atoms with E-state index < -0.39 is 11.9 Å². The number of benzene rings is 2. The van der Waals surface area contributed by atoms with Gasteiger partial charge in [0.1, 0.15) is 5.82 Å². The fraction of sp³-hybridized carbons (Fsp3) is 0.143. The molecule has 186 valence electrons. The first-order chi connectivity index (χ1) is 18.1. The molecule has 0 fully saturated rings. The summed E-state index contributed by atoms with van der Waals surface area (Å²) in [5.74, 6) is -0.397. The van der Waals surface area contributed by atoms with E-state index in [0.717, 1.165) is 11.1 Å². The Labute approximate surface area is 223 Å². The standard InChI is InChI=1S/C28H23ClN4O3S/c1-2-36-27(35)22-21(20-14-8-9-15-30-20)23-25(31-24(22)17-10-4-3-5-11-17)32-28(33-26(23)34)37-16-18-12-6-7-13-19(18)29/h3-15,21H,2,16H2,1H3,(H2,31,32,33,34). The van der Waals surface area contributed by atoms with Crippen molar-refractivity contribution in [3.8, 4) is 0 Å². The third-order valence-electron chi connectivity index (χ3n) is 5.89. The highest BCUT2D eigenvalue weighted by atomic mass is 35.5. The SMILES string of the molecule is CCOC(=O)C1=C(c2ccccc2)Nc2nc(SCc3ccccc3Cl)[nH]c(=O)c2C1c1ccccn1. The molecule has 4 aromatic rings. The highest BCUT2D eigenvalue weighted by Crippen LogP contribution is 2.42. The van der Waals surface area contributed by atoms with E-state index in [4.69, 9.17) is 21.3 Å². The molecule has 2 aromatic heterocycles. The lowest BCUT2D eigenvalue weighted by Gasteiger charge is -2.29. The summed E-state index contributed by atoms with van der Waals surface area (Å²) >= 11 is 7.68. The number of hydrogen-bond donors (Lipinski definition) is 2. The van der Waals surface area contributed by atoms with Crippen molar-refractivity contribution < 1.29 is 9.53 Å². The van der Waals surface area contributed by atoms with E-state index in [0.29, 0.717) is 44.3 Å². The van der Waals surface area contributed by atoms with Gasteiger partial charge in [0.05, 0.1) is 35.1 Å². The maximum absolute atomic E-state index is 13.5. The quantitative estimate of drug-likeness (QED) is 0.181. The van der Waals surface area contributed by atoms with Crippen LogP contribution in [0.5, 0.6) is 0 Å². The Morgan fingerprint density at radius 3 is 2.54 bits per heavy atom. The molecule has 37 heavy (non-hydrogen) atoms. The molecule has 0 spiro atoms. The second-order valence-corrected chi connectivity index (χ2v) is 9.57.